The Morgan fingerprint density at radius 2 is 2.21 bits per heavy atom. The van der Waals surface area contributed by atoms with Crippen LogP contribution < -0.4 is 0 Å². The summed E-state index contributed by atoms with van der Waals surface area (Å²) in [6.07, 6.45) is 0.727. The number of fused-ring (bicyclic) bond motifs is 1. The molecule has 74 valence electrons. The van der Waals surface area contributed by atoms with Gasteiger partial charge >= 0.3 is 0 Å². The third kappa shape index (κ3) is 1.37. The molecule has 0 unspecified atom stereocenters. The average Bonchev–Trinajstić information content (AvgIpc) is 2.62. The van der Waals surface area contributed by atoms with E-state index in [2.05, 4.69) is 9.97 Å². The summed E-state index contributed by atoms with van der Waals surface area (Å²) in [6, 6.07) is 3.45. The molecule has 0 saturated carbocycles. The largest absolute Gasteiger partial charge is 0.345 e. The van der Waals surface area contributed by atoms with Crippen LogP contribution >= 0.6 is 11.8 Å². The zero-order valence-electron chi connectivity index (χ0n) is 7.42. The number of halogens is 2. The Morgan fingerprint density at radius 1 is 1.43 bits per heavy atom. The molecule has 0 radical (unpaired) electrons. The van der Waals surface area contributed by atoms with Crippen LogP contribution in [0.3, 0.4) is 0 Å². The fourth-order valence-electron chi connectivity index (χ4n) is 1.40. The third-order valence-electron chi connectivity index (χ3n) is 2.03. The molecule has 1 heterocycles. The standard InChI is InChI=1S/C9H8F2N2S/c1-14-6-3-2-5-8(13-4-12-5)7(6)9(10)11/h2-4,9H,1H3,(H,12,13). The number of H-pyrrole nitrogens is 1. The second-order valence-electron chi connectivity index (χ2n) is 2.78. The summed E-state index contributed by atoms with van der Waals surface area (Å²) < 4.78 is 25.5. The van der Waals surface area contributed by atoms with Crippen molar-refractivity contribution in [2.24, 2.45) is 0 Å². The fraction of sp³-hybridized carbons (Fsp3) is 0.222. The van der Waals surface area contributed by atoms with Gasteiger partial charge in [0.05, 0.1) is 22.9 Å². The van der Waals surface area contributed by atoms with Gasteiger partial charge in [-0.15, -0.1) is 11.8 Å². The first-order valence-corrected chi connectivity index (χ1v) is 5.24. The number of alkyl halides is 2. The van der Waals surface area contributed by atoms with Gasteiger partial charge < -0.3 is 4.98 Å². The molecule has 1 aromatic heterocycles. The first kappa shape index (κ1) is 9.45. The number of hydrogen-bond acceptors (Lipinski definition) is 2. The number of aromatic nitrogens is 2. The Hall–Kier alpha value is -1.10. The van der Waals surface area contributed by atoms with Crippen LogP contribution in [0.1, 0.15) is 12.0 Å². The van der Waals surface area contributed by atoms with Crippen LogP contribution in [0.5, 0.6) is 0 Å². The maximum atomic E-state index is 12.8. The van der Waals surface area contributed by atoms with Crippen molar-refractivity contribution in [3.8, 4) is 0 Å². The number of benzene rings is 1. The number of nitrogens with one attached hydrogen (secondary N) is 1. The first-order valence-electron chi connectivity index (χ1n) is 4.02. The highest BCUT2D eigenvalue weighted by atomic mass is 32.2. The molecule has 0 bridgehead atoms. The molecular weight excluding hydrogens is 206 g/mol. The SMILES string of the molecule is CSc1ccc2[nH]cnc2c1C(F)F. The van der Waals surface area contributed by atoms with Crippen molar-refractivity contribution in [1.82, 2.24) is 9.97 Å². The van der Waals surface area contributed by atoms with E-state index >= 15 is 0 Å². The van der Waals surface area contributed by atoms with E-state index in [0.717, 1.165) is 0 Å². The lowest BCUT2D eigenvalue weighted by molar-refractivity contribution is 0.150. The van der Waals surface area contributed by atoms with Gasteiger partial charge in [0.15, 0.2) is 0 Å². The lowest BCUT2D eigenvalue weighted by Gasteiger charge is -2.06. The van der Waals surface area contributed by atoms with E-state index in [0.29, 0.717) is 15.9 Å². The van der Waals surface area contributed by atoms with E-state index < -0.39 is 6.43 Å². The van der Waals surface area contributed by atoms with Crippen LogP contribution in [0.15, 0.2) is 23.4 Å². The van der Waals surface area contributed by atoms with Crippen LogP contribution in [-0.4, -0.2) is 16.2 Å². The summed E-state index contributed by atoms with van der Waals surface area (Å²) >= 11 is 1.31. The Balaban J connectivity index is 2.75. The summed E-state index contributed by atoms with van der Waals surface area (Å²) in [5.41, 5.74) is 1.04. The average molecular weight is 214 g/mol. The minimum absolute atomic E-state index is 0.0243. The minimum atomic E-state index is -2.48. The zero-order chi connectivity index (χ0) is 10.1. The van der Waals surface area contributed by atoms with Gasteiger partial charge in [0.25, 0.3) is 6.43 Å². The lowest BCUT2D eigenvalue weighted by Crippen LogP contribution is -1.90. The summed E-state index contributed by atoms with van der Waals surface area (Å²) in [6.45, 7) is 0. The van der Waals surface area contributed by atoms with Crippen LogP contribution in [0.25, 0.3) is 11.0 Å². The Labute approximate surface area is 83.7 Å². The van der Waals surface area contributed by atoms with Crippen molar-refractivity contribution >= 4 is 22.8 Å². The van der Waals surface area contributed by atoms with E-state index in [-0.39, 0.29) is 5.56 Å². The predicted molar refractivity (Wildman–Crippen MR) is 52.8 cm³/mol. The summed E-state index contributed by atoms with van der Waals surface area (Å²) in [5.74, 6) is 0. The highest BCUT2D eigenvalue weighted by molar-refractivity contribution is 7.98. The first-order chi connectivity index (χ1) is 6.74. The molecule has 2 aromatic rings. The molecule has 0 saturated heterocycles. The van der Waals surface area contributed by atoms with Crippen LogP contribution in [0.2, 0.25) is 0 Å². The predicted octanol–water partition coefficient (Wildman–Crippen LogP) is 3.22. The van der Waals surface area contributed by atoms with Gasteiger partial charge in [-0.3, -0.25) is 0 Å². The molecule has 0 fully saturated rings. The lowest BCUT2D eigenvalue weighted by atomic mass is 10.2. The molecule has 0 aliphatic carbocycles. The Bertz CT molecular complexity index is 453. The maximum Gasteiger partial charge on any atom is 0.267 e. The van der Waals surface area contributed by atoms with Crippen molar-refractivity contribution in [1.29, 1.82) is 0 Å². The van der Waals surface area contributed by atoms with Crippen molar-refractivity contribution in [3.63, 3.8) is 0 Å². The molecule has 2 rings (SSSR count). The second-order valence-corrected chi connectivity index (χ2v) is 3.63. The maximum absolute atomic E-state index is 12.8. The highest BCUT2D eigenvalue weighted by Gasteiger charge is 2.17. The normalized spacial score (nSPS) is 11.4. The minimum Gasteiger partial charge on any atom is -0.345 e. The Morgan fingerprint density at radius 3 is 2.86 bits per heavy atom. The summed E-state index contributed by atoms with van der Waals surface area (Å²) in [4.78, 5) is 7.30. The zero-order valence-corrected chi connectivity index (χ0v) is 8.24. The van der Waals surface area contributed by atoms with Gasteiger partial charge in [-0.05, 0) is 18.4 Å². The van der Waals surface area contributed by atoms with Crippen molar-refractivity contribution < 1.29 is 8.78 Å². The number of nitrogens with zero attached hydrogens (tertiary/aromatic N) is 1. The molecule has 0 aliphatic heterocycles. The summed E-state index contributed by atoms with van der Waals surface area (Å²) in [7, 11) is 0. The highest BCUT2D eigenvalue weighted by Crippen LogP contribution is 2.33. The molecule has 14 heavy (non-hydrogen) atoms. The van der Waals surface area contributed by atoms with Crippen molar-refractivity contribution in [2.75, 3.05) is 6.26 Å². The monoisotopic (exact) mass is 214 g/mol. The van der Waals surface area contributed by atoms with Gasteiger partial charge in [0.1, 0.15) is 0 Å². The number of hydrogen-bond donors (Lipinski definition) is 1. The molecule has 0 amide bonds. The quantitative estimate of drug-likeness (QED) is 0.777. The molecule has 0 atom stereocenters. The molecule has 1 N–H and O–H groups in total. The third-order valence-corrected chi connectivity index (χ3v) is 2.82. The number of rotatable bonds is 2. The van der Waals surface area contributed by atoms with Crippen LogP contribution in [-0.2, 0) is 0 Å². The molecule has 1 aromatic carbocycles. The fourth-order valence-corrected chi connectivity index (χ4v) is 2.01. The Kier molecular flexibility index (Phi) is 2.41. The van der Waals surface area contributed by atoms with E-state index in [1.807, 2.05) is 0 Å². The molecular formula is C9H8F2N2S. The number of imidazole rings is 1. The molecule has 2 nitrogen and oxygen atoms in total. The van der Waals surface area contributed by atoms with Crippen molar-refractivity contribution in [2.45, 2.75) is 11.3 Å². The van der Waals surface area contributed by atoms with Crippen molar-refractivity contribution in [3.05, 3.63) is 24.0 Å². The smallest absolute Gasteiger partial charge is 0.267 e. The van der Waals surface area contributed by atoms with E-state index in [4.69, 9.17) is 0 Å². The van der Waals surface area contributed by atoms with E-state index in [1.165, 1.54) is 18.1 Å². The second kappa shape index (κ2) is 3.57. The molecule has 5 heteroatoms. The number of aromatic amines is 1. The van der Waals surface area contributed by atoms with Gasteiger partial charge in [-0.1, -0.05) is 0 Å². The van der Waals surface area contributed by atoms with Gasteiger partial charge in [-0.2, -0.15) is 0 Å². The van der Waals surface area contributed by atoms with Crippen LogP contribution in [0.4, 0.5) is 8.78 Å². The van der Waals surface area contributed by atoms with Gasteiger partial charge in [0, 0.05) is 4.90 Å². The molecule has 0 spiro atoms. The molecule has 0 aliphatic rings. The van der Waals surface area contributed by atoms with Gasteiger partial charge in [-0.25, -0.2) is 13.8 Å². The summed E-state index contributed by atoms with van der Waals surface area (Å²) in [5, 5.41) is 0. The van der Waals surface area contributed by atoms with E-state index in [9.17, 15) is 8.78 Å². The number of thioether (sulfide) groups is 1. The topological polar surface area (TPSA) is 28.7 Å². The van der Waals surface area contributed by atoms with Crippen LogP contribution in [0, 0.1) is 0 Å². The van der Waals surface area contributed by atoms with Gasteiger partial charge in [0.2, 0.25) is 0 Å². The van der Waals surface area contributed by atoms with E-state index in [1.54, 1.807) is 18.4 Å².